The lowest BCUT2D eigenvalue weighted by atomic mass is 9.97. The van der Waals surface area contributed by atoms with Crippen molar-refractivity contribution in [3.63, 3.8) is 0 Å². The second-order valence-electron chi connectivity index (χ2n) is 14.0. The summed E-state index contributed by atoms with van der Waals surface area (Å²) in [6.07, 6.45) is 31.4. The van der Waals surface area contributed by atoms with E-state index in [4.69, 9.17) is 4.74 Å². The maximum atomic E-state index is 12.2. The van der Waals surface area contributed by atoms with Gasteiger partial charge in [-0.3, -0.25) is 4.79 Å². The zero-order valence-corrected chi connectivity index (χ0v) is 30.5. The molecule has 0 aliphatic rings. The lowest BCUT2D eigenvalue weighted by Crippen LogP contribution is -2.33. The molecule has 0 spiro atoms. The number of methoxy groups -OCH3 is 1. The van der Waals surface area contributed by atoms with Crippen molar-refractivity contribution >= 4 is 5.78 Å². The molecule has 0 unspecified atom stereocenters. The number of ether oxygens (including phenoxy) is 1. The summed E-state index contributed by atoms with van der Waals surface area (Å²) >= 11 is 0. The van der Waals surface area contributed by atoms with Crippen LogP contribution in [0.2, 0.25) is 0 Å². The Balaban J connectivity index is 4.10. The van der Waals surface area contributed by atoms with Gasteiger partial charge in [0.25, 0.3) is 0 Å². The smallest absolute Gasteiger partial charge is 0.167 e. The molecule has 0 aromatic rings. The van der Waals surface area contributed by atoms with Crippen molar-refractivity contribution < 1.29 is 9.53 Å². The van der Waals surface area contributed by atoms with Gasteiger partial charge in [0.2, 0.25) is 0 Å². The first-order valence-electron chi connectivity index (χ1n) is 17.3. The van der Waals surface area contributed by atoms with E-state index in [1.165, 1.54) is 86.5 Å². The molecule has 0 aliphatic carbocycles. The number of Topliss-reactive ketones (excluding diaryl/α,β-unsaturated/α-hetero) is 1. The molecule has 246 valence electrons. The molecular formula is C41H70O2. The summed E-state index contributed by atoms with van der Waals surface area (Å²) in [6.45, 7) is 21.7. The van der Waals surface area contributed by atoms with E-state index < -0.39 is 5.60 Å². The van der Waals surface area contributed by atoms with Gasteiger partial charge >= 0.3 is 0 Å². The number of hydrogen-bond donors (Lipinski definition) is 0. The van der Waals surface area contributed by atoms with Gasteiger partial charge in [-0.2, -0.15) is 0 Å². The third kappa shape index (κ3) is 24.1. The minimum atomic E-state index is -0.698. The molecular weight excluding hydrogens is 524 g/mol. The highest BCUT2D eigenvalue weighted by Gasteiger charge is 2.25. The Morgan fingerprint density at radius 1 is 0.581 bits per heavy atom. The van der Waals surface area contributed by atoms with Gasteiger partial charge in [0.15, 0.2) is 5.78 Å². The van der Waals surface area contributed by atoms with Crippen molar-refractivity contribution in [3.8, 4) is 0 Å². The highest BCUT2D eigenvalue weighted by molar-refractivity contribution is 5.87. The average molecular weight is 595 g/mol. The molecule has 0 aromatic carbocycles. The van der Waals surface area contributed by atoms with Crippen molar-refractivity contribution in [1.82, 2.24) is 0 Å². The fourth-order valence-corrected chi connectivity index (χ4v) is 5.00. The summed E-state index contributed by atoms with van der Waals surface area (Å²) in [5.41, 5.74) is 8.11. The molecule has 0 radical (unpaired) electrons. The minimum Gasteiger partial charge on any atom is -0.371 e. The molecule has 0 aromatic heterocycles. The average Bonchev–Trinajstić information content (AvgIpc) is 2.93. The van der Waals surface area contributed by atoms with Crippen molar-refractivity contribution in [1.29, 1.82) is 0 Å². The van der Waals surface area contributed by atoms with Crippen LogP contribution in [0.5, 0.6) is 0 Å². The fourth-order valence-electron chi connectivity index (χ4n) is 5.00. The van der Waals surface area contributed by atoms with Crippen molar-refractivity contribution in [2.75, 3.05) is 7.11 Å². The molecule has 2 heteroatoms. The van der Waals surface area contributed by atoms with Gasteiger partial charge in [0.1, 0.15) is 5.60 Å². The molecule has 0 saturated heterocycles. The number of carbonyl (C=O) groups excluding carboxylic acids is 1. The predicted octanol–water partition coefficient (Wildman–Crippen LogP) is 13.2. The van der Waals surface area contributed by atoms with Crippen LogP contribution in [-0.4, -0.2) is 18.5 Å². The van der Waals surface area contributed by atoms with Gasteiger partial charge in [0.05, 0.1) is 0 Å². The number of ketones is 1. The summed E-state index contributed by atoms with van der Waals surface area (Å²) in [7, 11) is 1.59. The summed E-state index contributed by atoms with van der Waals surface area (Å²) in [5, 5.41) is 0. The second kappa shape index (κ2) is 24.4. The van der Waals surface area contributed by atoms with Gasteiger partial charge in [-0.1, -0.05) is 76.8 Å². The summed E-state index contributed by atoms with van der Waals surface area (Å²) in [4.78, 5) is 12.2. The molecule has 0 rings (SSSR count). The lowest BCUT2D eigenvalue weighted by Gasteiger charge is -2.20. The van der Waals surface area contributed by atoms with E-state index in [0.717, 1.165) is 31.6 Å². The SMILES string of the molecule is COC(C)(C)C(=O)C/C=C(\C)CC/C=C(\C)CC/C=C(\C)CCCC/C(C)=C/CC[C@H](C)CC/C=C(\C)CCC=C(C)C. The summed E-state index contributed by atoms with van der Waals surface area (Å²) in [5.74, 6) is 0.931. The van der Waals surface area contributed by atoms with Gasteiger partial charge in [0, 0.05) is 13.5 Å². The van der Waals surface area contributed by atoms with Gasteiger partial charge < -0.3 is 4.74 Å². The third-order valence-electron chi connectivity index (χ3n) is 8.67. The molecule has 0 heterocycles. The van der Waals surface area contributed by atoms with Gasteiger partial charge in [-0.15, -0.1) is 0 Å². The topological polar surface area (TPSA) is 26.3 Å². The van der Waals surface area contributed by atoms with E-state index >= 15 is 0 Å². The van der Waals surface area contributed by atoms with Gasteiger partial charge in [-0.05, 0) is 158 Å². The van der Waals surface area contributed by atoms with Crippen LogP contribution in [0.4, 0.5) is 0 Å². The van der Waals surface area contributed by atoms with Crippen LogP contribution in [0.1, 0.15) is 166 Å². The van der Waals surface area contributed by atoms with E-state index in [2.05, 4.69) is 91.8 Å². The molecule has 0 fully saturated rings. The summed E-state index contributed by atoms with van der Waals surface area (Å²) < 4.78 is 5.28. The van der Waals surface area contributed by atoms with Crippen molar-refractivity contribution in [2.24, 2.45) is 5.92 Å². The van der Waals surface area contributed by atoms with Gasteiger partial charge in [-0.25, -0.2) is 0 Å². The fraction of sp³-hybridized carbons (Fsp3) is 0.683. The molecule has 0 bridgehead atoms. The van der Waals surface area contributed by atoms with Crippen LogP contribution in [0, 0.1) is 5.92 Å². The monoisotopic (exact) mass is 595 g/mol. The third-order valence-corrected chi connectivity index (χ3v) is 8.67. The number of allylic oxidation sites excluding steroid dienone is 12. The first-order valence-corrected chi connectivity index (χ1v) is 17.3. The highest BCUT2D eigenvalue weighted by atomic mass is 16.5. The van der Waals surface area contributed by atoms with E-state index in [-0.39, 0.29) is 5.78 Å². The highest BCUT2D eigenvalue weighted by Crippen LogP contribution is 2.19. The van der Waals surface area contributed by atoms with Crippen molar-refractivity contribution in [3.05, 3.63) is 69.9 Å². The van der Waals surface area contributed by atoms with E-state index in [1.807, 2.05) is 13.8 Å². The number of rotatable bonds is 24. The number of hydrogen-bond acceptors (Lipinski definition) is 2. The quantitative estimate of drug-likeness (QED) is 0.0820. The normalized spacial score (nSPS) is 14.7. The van der Waals surface area contributed by atoms with Crippen molar-refractivity contribution in [2.45, 2.75) is 171 Å². The molecule has 0 saturated carbocycles. The standard InChI is InChI=1S/C41H70O2/c1-33(2)19-14-22-36(5)25-17-28-37(6)26-15-23-34(3)20-12-13-21-35(4)24-16-27-38(7)29-18-30-39(8)31-32-40(42)41(9,10)43-11/h19,23-25,29,31,37H,12-18,20-22,26-28,30,32H2,1-11H3/b34-23+,35-24+,36-25+,38-29+,39-31+/t37-/m0/s1. The zero-order valence-electron chi connectivity index (χ0n) is 30.5. The molecule has 0 amide bonds. The van der Waals surface area contributed by atoms with Crippen LogP contribution in [0.25, 0.3) is 0 Å². The Hall–Kier alpha value is -1.93. The summed E-state index contributed by atoms with van der Waals surface area (Å²) in [6, 6.07) is 0. The van der Waals surface area contributed by atoms with Crippen LogP contribution < -0.4 is 0 Å². The lowest BCUT2D eigenvalue weighted by molar-refractivity contribution is -0.136. The minimum absolute atomic E-state index is 0.131. The Labute approximate surface area is 268 Å². The molecule has 1 atom stereocenters. The van der Waals surface area contributed by atoms with Crippen LogP contribution >= 0.6 is 0 Å². The van der Waals surface area contributed by atoms with E-state index in [9.17, 15) is 4.79 Å². The maximum Gasteiger partial charge on any atom is 0.167 e. The van der Waals surface area contributed by atoms with Crippen LogP contribution in [0.15, 0.2) is 69.9 Å². The van der Waals surface area contributed by atoms with Crippen LogP contribution in [-0.2, 0) is 9.53 Å². The number of unbranched alkanes of at least 4 members (excludes halogenated alkanes) is 1. The van der Waals surface area contributed by atoms with E-state index in [1.54, 1.807) is 18.3 Å². The second-order valence-corrected chi connectivity index (χ2v) is 14.0. The molecule has 43 heavy (non-hydrogen) atoms. The van der Waals surface area contributed by atoms with E-state index in [0.29, 0.717) is 6.42 Å². The Bertz CT molecular complexity index is 960. The Morgan fingerprint density at radius 3 is 1.37 bits per heavy atom. The Morgan fingerprint density at radius 2 is 0.953 bits per heavy atom. The first kappa shape index (κ1) is 41.1. The largest absolute Gasteiger partial charge is 0.371 e. The maximum absolute atomic E-state index is 12.2. The molecule has 0 N–H and O–H groups in total. The number of carbonyl (C=O) groups is 1. The molecule has 2 nitrogen and oxygen atoms in total. The Kier molecular flexibility index (Phi) is 23.3. The first-order chi connectivity index (χ1) is 20.3. The molecule has 0 aliphatic heterocycles. The zero-order chi connectivity index (χ0) is 32.7. The predicted molar refractivity (Wildman–Crippen MR) is 193 cm³/mol. The van der Waals surface area contributed by atoms with Crippen LogP contribution in [0.3, 0.4) is 0 Å².